The molecule has 0 aromatic heterocycles. The molecular formula is C29H31F2N. The summed E-state index contributed by atoms with van der Waals surface area (Å²) in [6, 6.07) is 25.9. The summed E-state index contributed by atoms with van der Waals surface area (Å²) in [5.41, 5.74) is 3.83. The normalized spacial score (nSPS) is 25.2. The zero-order valence-corrected chi connectivity index (χ0v) is 18.5. The number of benzene rings is 3. The van der Waals surface area contributed by atoms with Crippen molar-refractivity contribution in [3.63, 3.8) is 0 Å². The van der Waals surface area contributed by atoms with E-state index in [-0.39, 0.29) is 11.6 Å². The number of nitrogens with zero attached hydrogens (tertiary/aromatic N) is 1. The van der Waals surface area contributed by atoms with Crippen LogP contribution in [0.3, 0.4) is 0 Å². The van der Waals surface area contributed by atoms with Crippen molar-refractivity contribution in [3.05, 3.63) is 107 Å². The molecule has 3 heteroatoms. The zero-order chi connectivity index (χ0) is 21.9. The lowest BCUT2D eigenvalue weighted by atomic mass is 9.72. The molecule has 0 N–H and O–H groups in total. The van der Waals surface area contributed by atoms with Crippen LogP contribution in [-0.2, 0) is 6.42 Å². The lowest BCUT2D eigenvalue weighted by Crippen LogP contribution is -2.47. The van der Waals surface area contributed by atoms with Gasteiger partial charge in [-0.15, -0.1) is 0 Å². The monoisotopic (exact) mass is 431 g/mol. The van der Waals surface area contributed by atoms with Gasteiger partial charge in [0, 0.05) is 18.0 Å². The van der Waals surface area contributed by atoms with Crippen LogP contribution in [0, 0.1) is 11.6 Å². The van der Waals surface area contributed by atoms with Gasteiger partial charge in [0.05, 0.1) is 0 Å². The maximum Gasteiger partial charge on any atom is 0.123 e. The van der Waals surface area contributed by atoms with E-state index < -0.39 is 0 Å². The average Bonchev–Trinajstić information content (AvgIpc) is 3.10. The molecule has 166 valence electrons. The second-order valence-electron chi connectivity index (χ2n) is 9.45. The minimum Gasteiger partial charge on any atom is -0.297 e. The third-order valence-corrected chi connectivity index (χ3v) is 7.59. The van der Waals surface area contributed by atoms with Gasteiger partial charge in [-0.05, 0) is 91.9 Å². The Morgan fingerprint density at radius 3 is 2.06 bits per heavy atom. The van der Waals surface area contributed by atoms with Crippen molar-refractivity contribution in [3.8, 4) is 0 Å². The molecule has 0 amide bonds. The Bertz CT molecular complexity index is 1000. The Morgan fingerprint density at radius 2 is 1.38 bits per heavy atom. The molecule has 5 rings (SSSR count). The molecule has 0 aliphatic carbocycles. The molecule has 2 aliphatic heterocycles. The lowest BCUT2D eigenvalue weighted by Gasteiger charge is -2.45. The number of hydrogen-bond acceptors (Lipinski definition) is 1. The predicted molar refractivity (Wildman–Crippen MR) is 126 cm³/mol. The minimum atomic E-state index is -0.190. The molecule has 32 heavy (non-hydrogen) atoms. The number of fused-ring (bicyclic) bond motifs is 2. The largest absolute Gasteiger partial charge is 0.297 e. The van der Waals surface area contributed by atoms with Crippen molar-refractivity contribution in [1.82, 2.24) is 4.90 Å². The van der Waals surface area contributed by atoms with Crippen molar-refractivity contribution in [1.29, 1.82) is 0 Å². The predicted octanol–water partition coefficient (Wildman–Crippen LogP) is 7.09. The van der Waals surface area contributed by atoms with Gasteiger partial charge < -0.3 is 0 Å². The van der Waals surface area contributed by atoms with Crippen molar-refractivity contribution < 1.29 is 8.78 Å². The first-order valence-electron chi connectivity index (χ1n) is 12.0. The van der Waals surface area contributed by atoms with E-state index in [1.165, 1.54) is 42.4 Å². The number of piperidine rings is 1. The summed E-state index contributed by atoms with van der Waals surface area (Å²) in [6.45, 7) is 1.12. The SMILES string of the molecule is Fc1ccc([C@@H]2[C@H]3CC[C@@H](C[C@H]2c2ccc(F)cc2)N3CCCCc2ccccc2)cc1. The molecule has 2 aliphatic rings. The third-order valence-electron chi connectivity index (χ3n) is 7.59. The van der Waals surface area contributed by atoms with Gasteiger partial charge in [-0.25, -0.2) is 8.78 Å². The Balaban J connectivity index is 1.34. The molecule has 3 aromatic rings. The molecule has 0 spiro atoms. The van der Waals surface area contributed by atoms with Gasteiger partial charge in [-0.1, -0.05) is 54.6 Å². The second kappa shape index (κ2) is 9.54. The quantitative estimate of drug-likeness (QED) is 0.361. The summed E-state index contributed by atoms with van der Waals surface area (Å²) in [6.07, 6.45) is 7.01. The molecule has 2 fully saturated rings. The van der Waals surface area contributed by atoms with Gasteiger partial charge in [-0.2, -0.15) is 0 Å². The molecule has 2 bridgehead atoms. The fourth-order valence-corrected chi connectivity index (χ4v) is 6.12. The van der Waals surface area contributed by atoms with E-state index >= 15 is 0 Å². The van der Waals surface area contributed by atoms with Gasteiger partial charge in [0.15, 0.2) is 0 Å². The highest BCUT2D eigenvalue weighted by Gasteiger charge is 2.47. The van der Waals surface area contributed by atoms with Gasteiger partial charge in [0.1, 0.15) is 11.6 Å². The summed E-state index contributed by atoms with van der Waals surface area (Å²) in [5.74, 6) is 0.281. The highest BCUT2D eigenvalue weighted by molar-refractivity contribution is 5.33. The van der Waals surface area contributed by atoms with Crippen molar-refractivity contribution in [2.45, 2.75) is 62.4 Å². The van der Waals surface area contributed by atoms with Gasteiger partial charge >= 0.3 is 0 Å². The molecule has 1 nitrogen and oxygen atoms in total. The third kappa shape index (κ3) is 4.49. The number of rotatable bonds is 7. The summed E-state index contributed by atoms with van der Waals surface area (Å²) >= 11 is 0. The zero-order valence-electron chi connectivity index (χ0n) is 18.5. The van der Waals surface area contributed by atoms with Crippen LogP contribution in [0.15, 0.2) is 78.9 Å². The van der Waals surface area contributed by atoms with E-state index in [1.54, 1.807) is 24.3 Å². The van der Waals surface area contributed by atoms with Crippen LogP contribution in [0.1, 0.15) is 60.6 Å². The van der Waals surface area contributed by atoms with E-state index in [0.717, 1.165) is 19.4 Å². The smallest absolute Gasteiger partial charge is 0.123 e. The van der Waals surface area contributed by atoms with Crippen LogP contribution in [0.4, 0.5) is 8.78 Å². The first-order valence-corrected chi connectivity index (χ1v) is 12.0. The topological polar surface area (TPSA) is 3.24 Å². The molecular weight excluding hydrogens is 400 g/mol. The van der Waals surface area contributed by atoms with Crippen molar-refractivity contribution in [2.75, 3.05) is 6.54 Å². The average molecular weight is 432 g/mol. The van der Waals surface area contributed by atoms with Crippen LogP contribution in [0.25, 0.3) is 0 Å². The first kappa shape index (κ1) is 21.3. The van der Waals surface area contributed by atoms with E-state index in [2.05, 4.69) is 35.2 Å². The number of hydrogen-bond donors (Lipinski definition) is 0. The van der Waals surface area contributed by atoms with Gasteiger partial charge in [-0.3, -0.25) is 4.90 Å². The van der Waals surface area contributed by atoms with E-state index in [0.29, 0.717) is 23.9 Å². The van der Waals surface area contributed by atoms with Gasteiger partial charge in [0.25, 0.3) is 0 Å². The number of aryl methyl sites for hydroxylation is 1. The highest BCUT2D eigenvalue weighted by Crippen LogP contribution is 2.51. The Labute approximate surface area is 190 Å². The maximum atomic E-state index is 13.7. The molecule has 4 atom stereocenters. The molecule has 2 heterocycles. The number of unbranched alkanes of at least 4 members (excludes halogenated alkanes) is 1. The summed E-state index contributed by atoms with van der Waals surface area (Å²) < 4.78 is 27.3. The van der Waals surface area contributed by atoms with Crippen molar-refractivity contribution >= 4 is 0 Å². The Morgan fingerprint density at radius 1 is 0.719 bits per heavy atom. The highest BCUT2D eigenvalue weighted by atomic mass is 19.1. The number of halogens is 2. The summed E-state index contributed by atoms with van der Waals surface area (Å²) in [4.78, 5) is 2.74. The lowest BCUT2D eigenvalue weighted by molar-refractivity contribution is 0.104. The van der Waals surface area contributed by atoms with E-state index in [1.807, 2.05) is 24.3 Å². The van der Waals surface area contributed by atoms with Crippen LogP contribution in [-0.4, -0.2) is 23.5 Å². The van der Waals surface area contributed by atoms with Crippen LogP contribution in [0.5, 0.6) is 0 Å². The van der Waals surface area contributed by atoms with Crippen LogP contribution >= 0.6 is 0 Å². The standard InChI is InChI=1S/C29H31F2N/c30-24-13-9-22(10-14-24)27-20-26-17-18-28(29(27)23-11-15-25(31)16-12-23)32(26)19-5-4-8-21-6-2-1-3-7-21/h1-3,6-7,9-16,26-29H,4-5,8,17-20H2/t26-,27-,28+,29-/m0/s1. The maximum absolute atomic E-state index is 13.7. The Hall–Kier alpha value is -2.52. The molecule has 0 unspecified atom stereocenters. The fourth-order valence-electron chi connectivity index (χ4n) is 6.12. The molecule has 0 saturated carbocycles. The first-order chi connectivity index (χ1) is 15.7. The summed E-state index contributed by atoms with van der Waals surface area (Å²) in [7, 11) is 0. The summed E-state index contributed by atoms with van der Waals surface area (Å²) in [5, 5.41) is 0. The van der Waals surface area contributed by atoms with E-state index in [4.69, 9.17) is 0 Å². The fraction of sp³-hybridized carbons (Fsp3) is 0.379. The second-order valence-corrected chi connectivity index (χ2v) is 9.45. The van der Waals surface area contributed by atoms with Crippen molar-refractivity contribution in [2.24, 2.45) is 0 Å². The minimum absolute atomic E-state index is 0.189. The Kier molecular flexibility index (Phi) is 6.36. The van der Waals surface area contributed by atoms with Crippen LogP contribution < -0.4 is 0 Å². The molecule has 3 aromatic carbocycles. The van der Waals surface area contributed by atoms with Gasteiger partial charge in [0.2, 0.25) is 0 Å². The van der Waals surface area contributed by atoms with Crippen LogP contribution in [0.2, 0.25) is 0 Å². The molecule has 2 saturated heterocycles. The van der Waals surface area contributed by atoms with E-state index in [9.17, 15) is 8.78 Å². The molecule has 0 radical (unpaired) electrons.